The third kappa shape index (κ3) is 5.02. The van der Waals surface area contributed by atoms with Gasteiger partial charge in [0.05, 0.1) is 0 Å². The first-order valence-corrected chi connectivity index (χ1v) is 11.5. The lowest BCUT2D eigenvalue weighted by Crippen LogP contribution is -2.28. The first-order chi connectivity index (χ1) is 18.3. The zero-order chi connectivity index (χ0) is 26.8. The van der Waals surface area contributed by atoms with E-state index in [9.17, 15) is 23.6 Å². The topological polar surface area (TPSA) is 159 Å². The summed E-state index contributed by atoms with van der Waals surface area (Å²) in [5.41, 5.74) is 2.54. The van der Waals surface area contributed by atoms with Crippen LogP contribution in [0.15, 0.2) is 54.9 Å². The van der Waals surface area contributed by atoms with Crippen LogP contribution in [-0.2, 0) is 17.9 Å². The summed E-state index contributed by atoms with van der Waals surface area (Å²) in [7, 11) is 0. The molecule has 4 N–H and O–H groups in total. The average molecular weight is 516 g/mol. The molecule has 5 amide bonds. The zero-order valence-corrected chi connectivity index (χ0v) is 20.0. The molecule has 0 spiro atoms. The molecule has 5 rings (SSSR count). The van der Waals surface area contributed by atoms with Gasteiger partial charge in [-0.2, -0.15) is 14.6 Å². The highest BCUT2D eigenvalue weighted by Gasteiger charge is 2.30. The number of carbonyl (C=O) groups is 4. The van der Waals surface area contributed by atoms with Crippen molar-refractivity contribution in [2.75, 3.05) is 0 Å². The molecule has 1 aliphatic heterocycles. The van der Waals surface area contributed by atoms with Gasteiger partial charge in [-0.25, -0.2) is 14.2 Å². The van der Waals surface area contributed by atoms with E-state index in [1.807, 2.05) is 0 Å². The molecule has 2 aromatic heterocycles. The minimum atomic E-state index is -0.764. The second kappa shape index (κ2) is 10.0. The van der Waals surface area contributed by atoms with Crippen LogP contribution in [0.3, 0.4) is 0 Å². The Balaban J connectivity index is 1.27. The van der Waals surface area contributed by atoms with Crippen LogP contribution >= 0.6 is 0 Å². The number of hydrogen-bond donors (Lipinski definition) is 4. The maximum Gasteiger partial charge on any atom is 0.322 e. The van der Waals surface area contributed by atoms with Gasteiger partial charge in [-0.15, -0.1) is 0 Å². The van der Waals surface area contributed by atoms with Crippen molar-refractivity contribution in [3.63, 3.8) is 0 Å². The van der Waals surface area contributed by atoms with E-state index in [0.717, 1.165) is 5.56 Å². The van der Waals surface area contributed by atoms with Gasteiger partial charge >= 0.3 is 6.03 Å². The number of amides is 5. The highest BCUT2D eigenvalue weighted by atomic mass is 19.1. The summed E-state index contributed by atoms with van der Waals surface area (Å²) >= 11 is 0. The van der Waals surface area contributed by atoms with E-state index >= 15 is 0 Å². The number of hydrogen-bond acceptors (Lipinski definition) is 7. The van der Waals surface area contributed by atoms with E-state index < -0.39 is 29.8 Å². The molecule has 0 aliphatic carbocycles. The third-order valence-electron chi connectivity index (χ3n) is 5.93. The second-order valence-electron chi connectivity index (χ2n) is 8.58. The molecule has 3 heterocycles. The van der Waals surface area contributed by atoms with Crippen LogP contribution in [0.25, 0.3) is 5.78 Å². The Morgan fingerprint density at radius 3 is 2.42 bits per heavy atom. The summed E-state index contributed by atoms with van der Waals surface area (Å²) in [5.74, 6) is -1.75. The first-order valence-electron chi connectivity index (χ1n) is 11.5. The Kier molecular flexibility index (Phi) is 6.47. The highest BCUT2D eigenvalue weighted by molar-refractivity contribution is 6.04. The largest absolute Gasteiger partial charge is 0.347 e. The van der Waals surface area contributed by atoms with E-state index in [4.69, 9.17) is 0 Å². The van der Waals surface area contributed by atoms with E-state index in [1.54, 1.807) is 43.3 Å². The van der Waals surface area contributed by atoms with Gasteiger partial charge in [0.25, 0.3) is 23.5 Å². The van der Waals surface area contributed by atoms with Gasteiger partial charge < -0.3 is 16.0 Å². The number of benzene rings is 2. The number of imide groups is 1. The number of aromatic nitrogens is 4. The van der Waals surface area contributed by atoms with Crippen LogP contribution in [-0.4, -0.2) is 43.3 Å². The second-order valence-corrected chi connectivity index (χ2v) is 8.58. The normalized spacial score (nSPS) is 14.7. The molecule has 0 bridgehead atoms. The first kappa shape index (κ1) is 24.5. The molecule has 1 saturated heterocycles. The molecule has 192 valence electrons. The van der Waals surface area contributed by atoms with Crippen LogP contribution in [0.1, 0.15) is 49.3 Å². The number of nitrogens with one attached hydrogen (secondary N) is 4. The lowest BCUT2D eigenvalue weighted by atomic mass is 10.0. The Bertz CT molecular complexity index is 1580. The molecule has 38 heavy (non-hydrogen) atoms. The molecular weight excluding hydrogens is 495 g/mol. The van der Waals surface area contributed by atoms with Crippen molar-refractivity contribution < 1.29 is 23.6 Å². The van der Waals surface area contributed by atoms with Gasteiger partial charge in [0.1, 0.15) is 29.6 Å². The average Bonchev–Trinajstić information content (AvgIpc) is 3.52. The minimum Gasteiger partial charge on any atom is -0.347 e. The smallest absolute Gasteiger partial charge is 0.322 e. The lowest BCUT2D eigenvalue weighted by molar-refractivity contribution is -0.120. The van der Waals surface area contributed by atoms with Gasteiger partial charge in [-0.1, -0.05) is 36.4 Å². The molecule has 1 fully saturated rings. The number of fused-ring (bicyclic) bond motifs is 1. The van der Waals surface area contributed by atoms with Crippen molar-refractivity contribution in [1.82, 2.24) is 40.8 Å². The quantitative estimate of drug-likeness (QED) is 0.270. The number of nitrogens with zero attached hydrogens (tertiary/aromatic N) is 4. The highest BCUT2D eigenvalue weighted by Crippen LogP contribution is 2.17. The van der Waals surface area contributed by atoms with E-state index in [1.165, 1.54) is 23.0 Å². The number of halogens is 1. The molecule has 0 radical (unpaired) electrons. The summed E-state index contributed by atoms with van der Waals surface area (Å²) in [5, 5.41) is 14.2. The third-order valence-corrected chi connectivity index (χ3v) is 5.93. The fourth-order valence-corrected chi connectivity index (χ4v) is 3.93. The van der Waals surface area contributed by atoms with Crippen LogP contribution in [0.4, 0.5) is 9.18 Å². The number of rotatable bonds is 7. The van der Waals surface area contributed by atoms with Crippen molar-refractivity contribution in [3.05, 3.63) is 94.3 Å². The fourth-order valence-electron chi connectivity index (χ4n) is 3.93. The van der Waals surface area contributed by atoms with Gasteiger partial charge in [0.15, 0.2) is 0 Å². The SMILES string of the molecule is Cc1cc(CNC(=O)c2cc(C(=O)NCc3ccc(C4NC(=O)NC4=O)cc3)n3ncnc3n2)ccc1F. The van der Waals surface area contributed by atoms with Crippen molar-refractivity contribution in [2.24, 2.45) is 0 Å². The Hall–Kier alpha value is -5.20. The van der Waals surface area contributed by atoms with E-state index in [0.29, 0.717) is 16.7 Å². The van der Waals surface area contributed by atoms with Crippen LogP contribution in [0.2, 0.25) is 0 Å². The van der Waals surface area contributed by atoms with Crippen molar-refractivity contribution in [3.8, 4) is 0 Å². The standard InChI is InChI=1S/C25H21FN8O4/c1-13-8-15(4-7-17(13)26)11-27-21(35)18-9-19(34-24(31-18)29-12-30-34)22(36)28-10-14-2-5-16(6-3-14)20-23(37)33-25(38)32-20/h2-9,12,20H,10-11H2,1H3,(H,27,35)(H,28,36)(H2,32,33,37,38). The minimum absolute atomic E-state index is 0.0317. The van der Waals surface area contributed by atoms with Crippen LogP contribution in [0.5, 0.6) is 0 Å². The molecule has 1 unspecified atom stereocenters. The van der Waals surface area contributed by atoms with E-state index in [-0.39, 0.29) is 36.1 Å². The maximum atomic E-state index is 13.5. The summed E-state index contributed by atoms with van der Waals surface area (Å²) in [6.07, 6.45) is 1.22. The summed E-state index contributed by atoms with van der Waals surface area (Å²) < 4.78 is 14.7. The summed E-state index contributed by atoms with van der Waals surface area (Å²) in [6.45, 7) is 1.92. The summed E-state index contributed by atoms with van der Waals surface area (Å²) in [6, 6.07) is 11.4. The number of carbonyl (C=O) groups excluding carboxylic acids is 4. The molecule has 1 atom stereocenters. The Labute approximate surface area is 214 Å². The molecule has 4 aromatic rings. The van der Waals surface area contributed by atoms with Gasteiger partial charge in [-0.3, -0.25) is 19.7 Å². The zero-order valence-electron chi connectivity index (χ0n) is 20.0. The Morgan fingerprint density at radius 2 is 1.71 bits per heavy atom. The van der Waals surface area contributed by atoms with Crippen molar-refractivity contribution in [2.45, 2.75) is 26.1 Å². The Morgan fingerprint density at radius 1 is 1.00 bits per heavy atom. The predicted octanol–water partition coefficient (Wildman–Crippen LogP) is 1.31. The van der Waals surface area contributed by atoms with Crippen LogP contribution < -0.4 is 21.3 Å². The number of aryl methyl sites for hydroxylation is 1. The molecular formula is C25H21FN8O4. The molecule has 12 nitrogen and oxygen atoms in total. The number of urea groups is 1. The van der Waals surface area contributed by atoms with Crippen molar-refractivity contribution in [1.29, 1.82) is 0 Å². The van der Waals surface area contributed by atoms with Gasteiger partial charge in [0.2, 0.25) is 0 Å². The lowest BCUT2D eigenvalue weighted by Gasteiger charge is -2.11. The molecule has 1 aliphatic rings. The predicted molar refractivity (Wildman–Crippen MR) is 130 cm³/mol. The summed E-state index contributed by atoms with van der Waals surface area (Å²) in [4.78, 5) is 57.1. The molecule has 13 heteroatoms. The van der Waals surface area contributed by atoms with Crippen molar-refractivity contribution >= 4 is 29.5 Å². The molecule has 0 saturated carbocycles. The van der Waals surface area contributed by atoms with E-state index in [2.05, 4.69) is 36.3 Å². The monoisotopic (exact) mass is 516 g/mol. The van der Waals surface area contributed by atoms with Gasteiger partial charge in [0, 0.05) is 19.2 Å². The fraction of sp³-hybridized carbons (Fsp3) is 0.160. The maximum absolute atomic E-state index is 13.5. The van der Waals surface area contributed by atoms with Gasteiger partial charge in [-0.05, 0) is 35.2 Å². The molecule has 2 aromatic carbocycles. The van der Waals surface area contributed by atoms with Crippen LogP contribution in [0, 0.1) is 12.7 Å².